The Balaban J connectivity index is 1.80. The van der Waals surface area contributed by atoms with Gasteiger partial charge in [-0.3, -0.25) is 24.0 Å². The maximum atomic E-state index is 12.5. The summed E-state index contributed by atoms with van der Waals surface area (Å²) in [5, 5.41) is 5.14. The molecule has 2 heterocycles. The zero-order chi connectivity index (χ0) is 19.7. The van der Waals surface area contributed by atoms with E-state index in [1.807, 2.05) is 0 Å². The summed E-state index contributed by atoms with van der Waals surface area (Å²) in [5.41, 5.74) is -0.719. The number of carbonyl (C=O) groups is 2. The number of hydrogen-bond acceptors (Lipinski definition) is 5. The predicted octanol–water partition coefficient (Wildman–Crippen LogP) is 0.153. The lowest BCUT2D eigenvalue weighted by Crippen LogP contribution is -2.47. The highest BCUT2D eigenvalue weighted by molar-refractivity contribution is 5.96. The third-order valence-corrected chi connectivity index (χ3v) is 5.15. The highest BCUT2D eigenvalue weighted by Gasteiger charge is 2.24. The molecule has 10 nitrogen and oxygen atoms in total. The molecule has 0 bridgehead atoms. The lowest BCUT2D eigenvalue weighted by Gasteiger charge is -2.23. The number of amides is 3. The van der Waals surface area contributed by atoms with Crippen molar-refractivity contribution in [2.45, 2.75) is 51.1 Å². The number of imidazole rings is 1. The van der Waals surface area contributed by atoms with Gasteiger partial charge in [-0.25, -0.2) is 14.6 Å². The van der Waals surface area contributed by atoms with Gasteiger partial charge in [0.05, 0.1) is 6.33 Å². The summed E-state index contributed by atoms with van der Waals surface area (Å²) in [4.78, 5) is 53.1. The largest absolute Gasteiger partial charge is 0.335 e. The summed E-state index contributed by atoms with van der Waals surface area (Å²) in [7, 11) is 2.87. The Labute approximate surface area is 155 Å². The molecule has 1 fully saturated rings. The van der Waals surface area contributed by atoms with Crippen LogP contribution in [0.2, 0.25) is 0 Å². The third kappa shape index (κ3) is 3.51. The van der Waals surface area contributed by atoms with Gasteiger partial charge in [-0.1, -0.05) is 19.3 Å². The molecule has 10 heteroatoms. The first kappa shape index (κ1) is 18.9. The van der Waals surface area contributed by atoms with Crippen molar-refractivity contribution in [3.05, 3.63) is 27.2 Å². The van der Waals surface area contributed by atoms with Crippen LogP contribution in [-0.2, 0) is 18.9 Å². The highest BCUT2D eigenvalue weighted by Crippen LogP contribution is 2.17. The van der Waals surface area contributed by atoms with Gasteiger partial charge in [-0.15, -0.1) is 0 Å². The molecular weight excluding hydrogens is 352 g/mol. The first-order chi connectivity index (χ1) is 12.8. The van der Waals surface area contributed by atoms with Crippen LogP contribution in [0.3, 0.4) is 0 Å². The van der Waals surface area contributed by atoms with E-state index in [0.717, 1.165) is 30.3 Å². The number of fused-ring (bicyclic) bond motifs is 1. The van der Waals surface area contributed by atoms with Crippen LogP contribution >= 0.6 is 0 Å². The number of urea groups is 1. The normalized spacial score (nSPS) is 16.3. The van der Waals surface area contributed by atoms with Gasteiger partial charge in [0, 0.05) is 20.1 Å². The number of carbonyl (C=O) groups excluding carboxylic acids is 2. The Kier molecular flexibility index (Phi) is 5.15. The molecule has 3 amide bonds. The quantitative estimate of drug-likeness (QED) is 0.790. The highest BCUT2D eigenvalue weighted by atomic mass is 16.2. The molecule has 0 aromatic carbocycles. The van der Waals surface area contributed by atoms with Crippen molar-refractivity contribution in [3.8, 4) is 0 Å². The van der Waals surface area contributed by atoms with Crippen LogP contribution in [0.25, 0.3) is 11.2 Å². The fourth-order valence-electron chi connectivity index (χ4n) is 3.47. The van der Waals surface area contributed by atoms with Crippen molar-refractivity contribution in [1.82, 2.24) is 29.3 Å². The fourth-order valence-corrected chi connectivity index (χ4v) is 3.47. The summed E-state index contributed by atoms with van der Waals surface area (Å²) in [6.45, 7) is 1.56. The van der Waals surface area contributed by atoms with Gasteiger partial charge in [-0.2, -0.15) is 0 Å². The van der Waals surface area contributed by atoms with Gasteiger partial charge in [0.15, 0.2) is 11.2 Å². The monoisotopic (exact) mass is 376 g/mol. The second kappa shape index (κ2) is 7.37. The average Bonchev–Trinajstić information content (AvgIpc) is 3.09. The number of nitrogens with zero attached hydrogens (tertiary/aromatic N) is 4. The molecule has 0 saturated heterocycles. The van der Waals surface area contributed by atoms with Gasteiger partial charge < -0.3 is 9.88 Å². The Morgan fingerprint density at radius 3 is 2.48 bits per heavy atom. The number of hydrogen-bond donors (Lipinski definition) is 2. The number of nitrogens with one attached hydrogen (secondary N) is 2. The molecule has 0 radical (unpaired) electrons. The van der Waals surface area contributed by atoms with E-state index in [9.17, 15) is 19.2 Å². The summed E-state index contributed by atoms with van der Waals surface area (Å²) < 4.78 is 3.58. The van der Waals surface area contributed by atoms with Gasteiger partial charge in [0.25, 0.3) is 11.5 Å². The van der Waals surface area contributed by atoms with Crippen molar-refractivity contribution in [2.24, 2.45) is 14.1 Å². The minimum atomic E-state index is -0.850. The molecule has 0 unspecified atom stereocenters. The number of aryl methyl sites for hydroxylation is 1. The fraction of sp³-hybridized carbons (Fsp3) is 0.588. The zero-order valence-electron chi connectivity index (χ0n) is 15.7. The van der Waals surface area contributed by atoms with E-state index < -0.39 is 29.2 Å². The first-order valence-corrected chi connectivity index (χ1v) is 9.05. The van der Waals surface area contributed by atoms with Crippen LogP contribution in [0, 0.1) is 0 Å². The maximum absolute atomic E-state index is 12.5. The number of rotatable bonds is 3. The van der Waals surface area contributed by atoms with Crippen LogP contribution in [0.15, 0.2) is 15.9 Å². The summed E-state index contributed by atoms with van der Waals surface area (Å²) in [6.07, 6.45) is 6.45. The molecule has 2 aromatic rings. The standard InChI is InChI=1S/C17H24N6O4/c1-10(14(24)20-16(26)19-11-7-5-4-6-8-11)23-9-18-13-12(23)15(25)22(3)17(27)21(13)2/h9-11H,4-8H2,1-3H3,(H2,19,20,24,26)/t10-/m0/s1. The molecule has 0 aliphatic heterocycles. The zero-order valence-corrected chi connectivity index (χ0v) is 15.7. The molecule has 1 saturated carbocycles. The van der Waals surface area contributed by atoms with Crippen LogP contribution < -0.4 is 21.9 Å². The second-order valence-electron chi connectivity index (χ2n) is 7.00. The average molecular weight is 376 g/mol. The predicted molar refractivity (Wildman–Crippen MR) is 98.5 cm³/mol. The summed E-state index contributed by atoms with van der Waals surface area (Å²) in [6, 6.07) is -1.31. The van der Waals surface area contributed by atoms with Gasteiger partial charge in [0.2, 0.25) is 0 Å². The Morgan fingerprint density at radius 2 is 1.81 bits per heavy atom. The SMILES string of the molecule is C[C@@H](C(=O)NC(=O)NC1CCCCC1)n1cnc2c1c(=O)n(C)c(=O)n2C. The molecule has 0 spiro atoms. The lowest BCUT2D eigenvalue weighted by molar-refractivity contribution is -0.122. The van der Waals surface area contributed by atoms with Crippen molar-refractivity contribution in [1.29, 1.82) is 0 Å². The van der Waals surface area contributed by atoms with E-state index in [4.69, 9.17) is 0 Å². The smallest absolute Gasteiger partial charge is 0.332 e. The molecule has 146 valence electrons. The van der Waals surface area contributed by atoms with Gasteiger partial charge in [0.1, 0.15) is 6.04 Å². The third-order valence-electron chi connectivity index (χ3n) is 5.15. The molecule has 1 aliphatic rings. The summed E-state index contributed by atoms with van der Waals surface area (Å²) in [5.74, 6) is -0.557. The number of aromatic nitrogens is 4. The van der Waals surface area contributed by atoms with E-state index in [0.29, 0.717) is 0 Å². The molecule has 1 atom stereocenters. The maximum Gasteiger partial charge on any atom is 0.332 e. The van der Waals surface area contributed by atoms with E-state index >= 15 is 0 Å². The Hall–Kier alpha value is -2.91. The van der Waals surface area contributed by atoms with E-state index in [1.165, 1.54) is 36.0 Å². The van der Waals surface area contributed by atoms with Crippen LogP contribution in [0.1, 0.15) is 45.1 Å². The first-order valence-electron chi connectivity index (χ1n) is 9.05. The van der Waals surface area contributed by atoms with E-state index in [-0.39, 0.29) is 17.2 Å². The van der Waals surface area contributed by atoms with E-state index in [2.05, 4.69) is 15.6 Å². The van der Waals surface area contributed by atoms with Crippen molar-refractivity contribution in [3.63, 3.8) is 0 Å². The molecule has 27 heavy (non-hydrogen) atoms. The van der Waals surface area contributed by atoms with E-state index in [1.54, 1.807) is 6.92 Å². The number of imide groups is 1. The molecular formula is C17H24N6O4. The van der Waals surface area contributed by atoms with Crippen molar-refractivity contribution < 1.29 is 9.59 Å². The molecule has 2 aromatic heterocycles. The topological polar surface area (TPSA) is 120 Å². The summed E-state index contributed by atoms with van der Waals surface area (Å²) >= 11 is 0. The van der Waals surface area contributed by atoms with Crippen LogP contribution in [0.4, 0.5) is 4.79 Å². The van der Waals surface area contributed by atoms with Gasteiger partial charge in [-0.05, 0) is 19.8 Å². The van der Waals surface area contributed by atoms with Crippen molar-refractivity contribution >= 4 is 23.1 Å². The minimum Gasteiger partial charge on any atom is -0.335 e. The Morgan fingerprint density at radius 1 is 1.15 bits per heavy atom. The molecule has 1 aliphatic carbocycles. The lowest BCUT2D eigenvalue weighted by atomic mass is 9.96. The molecule has 2 N–H and O–H groups in total. The molecule has 3 rings (SSSR count). The van der Waals surface area contributed by atoms with Crippen LogP contribution in [0.5, 0.6) is 0 Å². The Bertz CT molecular complexity index is 995. The second-order valence-corrected chi connectivity index (χ2v) is 7.00. The van der Waals surface area contributed by atoms with Crippen molar-refractivity contribution in [2.75, 3.05) is 0 Å². The van der Waals surface area contributed by atoms with Gasteiger partial charge >= 0.3 is 11.7 Å². The van der Waals surface area contributed by atoms with Crippen LogP contribution in [-0.4, -0.2) is 36.7 Å². The minimum absolute atomic E-state index is 0.0813.